The average Bonchev–Trinajstić information content (AvgIpc) is 2.28. The van der Waals surface area contributed by atoms with Crippen LogP contribution in [0.4, 0.5) is 4.39 Å². The third-order valence-electron chi connectivity index (χ3n) is 2.10. The number of sulfonamides is 1. The van der Waals surface area contributed by atoms with Crippen molar-refractivity contribution in [1.29, 1.82) is 0 Å². The van der Waals surface area contributed by atoms with Crippen LogP contribution in [0.1, 0.15) is 27.2 Å². The van der Waals surface area contributed by atoms with Gasteiger partial charge < -0.3 is 0 Å². The first kappa shape index (κ1) is 16.8. The van der Waals surface area contributed by atoms with Crippen LogP contribution in [0.2, 0.25) is 5.02 Å². The van der Waals surface area contributed by atoms with Crippen molar-refractivity contribution in [2.24, 2.45) is 5.41 Å². The quantitative estimate of drug-likeness (QED) is 0.651. The topological polar surface area (TPSA) is 88.2 Å². The van der Waals surface area contributed by atoms with Gasteiger partial charge in [0, 0.05) is 6.42 Å². The summed E-state index contributed by atoms with van der Waals surface area (Å²) in [6.45, 7) is 5.51. The predicted octanol–water partition coefficient (Wildman–Crippen LogP) is 1.62. The molecule has 1 heterocycles. The maximum atomic E-state index is 12.9. The number of hydrogen-bond donors (Lipinski definition) is 2. The van der Waals surface area contributed by atoms with Crippen LogP contribution in [0.25, 0.3) is 0 Å². The van der Waals surface area contributed by atoms with E-state index in [1.807, 2.05) is 25.6 Å². The summed E-state index contributed by atoms with van der Waals surface area (Å²) in [6, 6.07) is 0.905. The van der Waals surface area contributed by atoms with Crippen molar-refractivity contribution in [3.8, 4) is 0 Å². The van der Waals surface area contributed by atoms with Crippen LogP contribution < -0.4 is 10.3 Å². The molecule has 6 nitrogen and oxygen atoms in total. The average molecular weight is 324 g/mol. The van der Waals surface area contributed by atoms with Crippen LogP contribution in [0, 0.1) is 11.4 Å². The van der Waals surface area contributed by atoms with Crippen molar-refractivity contribution in [1.82, 2.24) is 15.2 Å². The molecule has 1 aromatic rings. The molecule has 1 rings (SSSR count). The largest absolute Gasteiger partial charge is 0.278 e. The van der Waals surface area contributed by atoms with Crippen LogP contribution in [-0.2, 0) is 14.8 Å². The highest BCUT2D eigenvalue weighted by molar-refractivity contribution is 7.89. The van der Waals surface area contributed by atoms with E-state index in [9.17, 15) is 17.6 Å². The number of nitrogens with zero attached hydrogens (tertiary/aromatic N) is 1. The molecule has 0 aliphatic carbocycles. The zero-order valence-electron chi connectivity index (χ0n) is 11.2. The minimum Gasteiger partial charge on any atom is -0.278 e. The van der Waals surface area contributed by atoms with E-state index in [1.54, 1.807) is 0 Å². The van der Waals surface area contributed by atoms with Gasteiger partial charge in [-0.1, -0.05) is 32.4 Å². The number of hydrogen-bond acceptors (Lipinski definition) is 4. The maximum absolute atomic E-state index is 12.9. The van der Waals surface area contributed by atoms with Crippen molar-refractivity contribution >= 4 is 27.5 Å². The first-order chi connectivity index (χ1) is 9.01. The van der Waals surface area contributed by atoms with E-state index in [2.05, 4.69) is 10.4 Å². The number of halogens is 2. The molecule has 0 atom stereocenters. The molecule has 0 aliphatic rings. The molecule has 20 heavy (non-hydrogen) atoms. The van der Waals surface area contributed by atoms with Crippen molar-refractivity contribution in [2.45, 2.75) is 32.1 Å². The summed E-state index contributed by atoms with van der Waals surface area (Å²) in [7, 11) is -4.05. The number of hydrazine groups is 1. The zero-order valence-corrected chi connectivity index (χ0v) is 12.8. The molecule has 0 saturated heterocycles. The van der Waals surface area contributed by atoms with Crippen LogP contribution in [-0.4, -0.2) is 19.3 Å². The van der Waals surface area contributed by atoms with Gasteiger partial charge in [-0.05, 0) is 11.5 Å². The molecule has 1 aromatic heterocycles. The lowest BCUT2D eigenvalue weighted by molar-refractivity contribution is -0.123. The lowest BCUT2D eigenvalue weighted by Gasteiger charge is -2.17. The van der Waals surface area contributed by atoms with Crippen molar-refractivity contribution in [3.63, 3.8) is 0 Å². The monoisotopic (exact) mass is 323 g/mol. The summed E-state index contributed by atoms with van der Waals surface area (Å²) in [5, 5.41) is -0.422. The molecular weight excluding hydrogens is 309 g/mol. The summed E-state index contributed by atoms with van der Waals surface area (Å²) >= 11 is 5.45. The number of carbonyl (C=O) groups excluding carboxylic acids is 1. The second-order valence-electron chi connectivity index (χ2n) is 5.33. The van der Waals surface area contributed by atoms with Gasteiger partial charge in [0.05, 0.1) is 11.2 Å². The molecule has 0 radical (unpaired) electrons. The van der Waals surface area contributed by atoms with Crippen LogP contribution in [0.15, 0.2) is 17.2 Å². The molecule has 9 heteroatoms. The Balaban J connectivity index is 2.76. The van der Waals surface area contributed by atoms with E-state index in [4.69, 9.17) is 11.6 Å². The molecule has 2 N–H and O–H groups in total. The SMILES string of the molecule is CC(C)(C)CC(=O)NNS(=O)(=O)c1cnc(F)c(Cl)c1. The first-order valence-electron chi connectivity index (χ1n) is 5.63. The fraction of sp³-hybridized carbons (Fsp3) is 0.455. The first-order valence-corrected chi connectivity index (χ1v) is 7.49. The van der Waals surface area contributed by atoms with Gasteiger partial charge >= 0.3 is 0 Å². The summed E-state index contributed by atoms with van der Waals surface area (Å²) in [5.74, 6) is -1.45. The summed E-state index contributed by atoms with van der Waals surface area (Å²) in [5.41, 5.74) is 1.79. The lowest BCUT2D eigenvalue weighted by Crippen LogP contribution is -2.42. The zero-order chi connectivity index (χ0) is 15.6. The van der Waals surface area contributed by atoms with E-state index in [-0.39, 0.29) is 16.7 Å². The Kier molecular flexibility index (Phi) is 5.06. The Bertz CT molecular complexity index is 614. The molecule has 0 unspecified atom stereocenters. The third-order valence-corrected chi connectivity index (χ3v) is 3.58. The Labute approximate surface area is 121 Å². The van der Waals surface area contributed by atoms with E-state index in [0.29, 0.717) is 0 Å². The van der Waals surface area contributed by atoms with Gasteiger partial charge in [0.15, 0.2) is 0 Å². The molecule has 0 bridgehead atoms. The minimum absolute atomic E-state index is 0.137. The Morgan fingerprint density at radius 2 is 2.05 bits per heavy atom. The molecule has 0 saturated carbocycles. The summed E-state index contributed by atoms with van der Waals surface area (Å²) in [6.07, 6.45) is 0.942. The van der Waals surface area contributed by atoms with Crippen molar-refractivity contribution in [3.05, 3.63) is 23.2 Å². The summed E-state index contributed by atoms with van der Waals surface area (Å²) < 4.78 is 36.5. The maximum Gasteiger partial charge on any atom is 0.258 e. The molecule has 112 valence electrons. The highest BCUT2D eigenvalue weighted by atomic mass is 35.5. The predicted molar refractivity (Wildman–Crippen MR) is 71.7 cm³/mol. The Morgan fingerprint density at radius 1 is 1.45 bits per heavy atom. The van der Waals surface area contributed by atoms with Gasteiger partial charge in [-0.25, -0.2) is 13.4 Å². The van der Waals surface area contributed by atoms with Gasteiger partial charge in [-0.2, -0.15) is 4.39 Å². The Hall–Kier alpha value is -1.25. The third kappa shape index (κ3) is 5.03. The molecule has 1 amide bonds. The number of amides is 1. The normalized spacial score (nSPS) is 12.2. The van der Waals surface area contributed by atoms with Gasteiger partial charge in [-0.3, -0.25) is 10.2 Å². The molecule has 0 fully saturated rings. The van der Waals surface area contributed by atoms with E-state index >= 15 is 0 Å². The van der Waals surface area contributed by atoms with E-state index < -0.39 is 26.9 Å². The van der Waals surface area contributed by atoms with Gasteiger partial charge in [0.2, 0.25) is 11.9 Å². The smallest absolute Gasteiger partial charge is 0.258 e. The van der Waals surface area contributed by atoms with Crippen molar-refractivity contribution in [2.75, 3.05) is 0 Å². The fourth-order valence-electron chi connectivity index (χ4n) is 1.26. The van der Waals surface area contributed by atoms with Crippen LogP contribution in [0.5, 0.6) is 0 Å². The second-order valence-corrected chi connectivity index (χ2v) is 7.42. The fourth-order valence-corrected chi connectivity index (χ4v) is 2.32. The molecule has 0 aromatic carbocycles. The number of aromatic nitrogens is 1. The number of carbonyl (C=O) groups is 1. The number of nitrogens with one attached hydrogen (secondary N) is 2. The standard InChI is InChI=1S/C11H15ClFN3O3S/c1-11(2,3)5-9(17)15-16-20(18,19)7-4-8(12)10(13)14-6-7/h4,6,16H,5H2,1-3H3,(H,15,17). The van der Waals surface area contributed by atoms with E-state index in [0.717, 1.165) is 12.3 Å². The van der Waals surface area contributed by atoms with Crippen molar-refractivity contribution < 1.29 is 17.6 Å². The molecular formula is C11H15ClFN3O3S. The second kappa shape index (κ2) is 6.02. The van der Waals surface area contributed by atoms with Crippen LogP contribution >= 0.6 is 11.6 Å². The van der Waals surface area contributed by atoms with Gasteiger partial charge in [0.1, 0.15) is 4.90 Å². The van der Waals surface area contributed by atoms with Crippen LogP contribution in [0.3, 0.4) is 0 Å². The summed E-state index contributed by atoms with van der Waals surface area (Å²) in [4.78, 5) is 16.3. The van der Waals surface area contributed by atoms with E-state index in [1.165, 1.54) is 0 Å². The van der Waals surface area contributed by atoms with Gasteiger partial charge in [-0.15, -0.1) is 4.83 Å². The molecule has 0 aliphatic heterocycles. The highest BCUT2D eigenvalue weighted by Gasteiger charge is 2.20. The Morgan fingerprint density at radius 3 is 2.55 bits per heavy atom. The van der Waals surface area contributed by atoms with Gasteiger partial charge in [0.25, 0.3) is 10.0 Å². The number of pyridine rings is 1. The molecule has 0 spiro atoms. The highest BCUT2D eigenvalue weighted by Crippen LogP contribution is 2.18. The lowest BCUT2D eigenvalue weighted by atomic mass is 9.92. The minimum atomic E-state index is -4.05. The number of rotatable bonds is 4.